The predicted molar refractivity (Wildman–Crippen MR) is 81.1 cm³/mol. The highest BCUT2D eigenvalue weighted by Gasteiger charge is 2.16. The Labute approximate surface area is 121 Å². The molecular weight excluding hydrogens is 252 g/mol. The van der Waals surface area contributed by atoms with Crippen LogP contribution in [0.2, 0.25) is 0 Å². The summed E-state index contributed by atoms with van der Waals surface area (Å²) in [5.74, 6) is 0.0835. The Morgan fingerprint density at radius 2 is 1.75 bits per heavy atom. The van der Waals surface area contributed by atoms with Gasteiger partial charge in [-0.05, 0) is 32.0 Å². The summed E-state index contributed by atoms with van der Waals surface area (Å²) >= 11 is 0. The molecule has 1 aromatic carbocycles. The molecule has 1 rings (SSSR count). The number of ketones is 1. The van der Waals surface area contributed by atoms with Crippen LogP contribution in [0.25, 0.3) is 0 Å². The van der Waals surface area contributed by atoms with E-state index >= 15 is 0 Å². The van der Waals surface area contributed by atoms with Crippen molar-refractivity contribution in [1.82, 2.24) is 9.80 Å². The Morgan fingerprint density at radius 3 is 2.30 bits per heavy atom. The molecule has 0 aliphatic rings. The number of rotatable bonds is 6. The summed E-state index contributed by atoms with van der Waals surface area (Å²) in [5, 5.41) is 0. The van der Waals surface area contributed by atoms with Gasteiger partial charge < -0.3 is 4.90 Å². The number of nitrogens with zero attached hydrogens (tertiary/aromatic N) is 2. The third kappa shape index (κ3) is 4.46. The number of amides is 1. The van der Waals surface area contributed by atoms with Crippen LogP contribution in [0, 0.1) is 13.8 Å². The van der Waals surface area contributed by atoms with E-state index in [4.69, 9.17) is 0 Å². The molecule has 0 unspecified atom stereocenters. The van der Waals surface area contributed by atoms with Crippen molar-refractivity contribution in [3.63, 3.8) is 0 Å². The van der Waals surface area contributed by atoms with Gasteiger partial charge in [0, 0.05) is 19.7 Å². The molecule has 0 atom stereocenters. The molecule has 4 heteroatoms. The average Bonchev–Trinajstić information content (AvgIpc) is 2.40. The van der Waals surface area contributed by atoms with E-state index in [2.05, 4.69) is 0 Å². The fraction of sp³-hybridized carbons (Fsp3) is 0.500. The van der Waals surface area contributed by atoms with Crippen LogP contribution >= 0.6 is 0 Å². The maximum absolute atomic E-state index is 12.4. The molecule has 0 bridgehead atoms. The van der Waals surface area contributed by atoms with E-state index in [1.54, 1.807) is 19.0 Å². The Balaban J connectivity index is 2.77. The summed E-state index contributed by atoms with van der Waals surface area (Å²) in [6.07, 6.45) is 0. The smallest absolute Gasteiger partial charge is 0.236 e. The fourth-order valence-corrected chi connectivity index (χ4v) is 1.94. The first-order valence-corrected chi connectivity index (χ1v) is 6.88. The van der Waals surface area contributed by atoms with Gasteiger partial charge in [-0.1, -0.05) is 24.6 Å². The van der Waals surface area contributed by atoms with Crippen molar-refractivity contribution in [1.29, 1.82) is 0 Å². The molecule has 20 heavy (non-hydrogen) atoms. The summed E-state index contributed by atoms with van der Waals surface area (Å²) in [6, 6.07) is 5.88. The molecule has 0 spiro atoms. The lowest BCUT2D eigenvalue weighted by molar-refractivity contribution is -0.129. The molecule has 110 valence electrons. The number of aryl methyl sites for hydroxylation is 2. The lowest BCUT2D eigenvalue weighted by atomic mass is 10.0. The molecular formula is C16H24N2O2. The third-order valence-corrected chi connectivity index (χ3v) is 3.37. The third-order valence-electron chi connectivity index (χ3n) is 3.37. The highest BCUT2D eigenvalue weighted by molar-refractivity contribution is 5.99. The van der Waals surface area contributed by atoms with Crippen molar-refractivity contribution in [2.45, 2.75) is 20.8 Å². The molecule has 1 aromatic rings. The number of Topliss-reactive ketones (excluding diaryl/α,β-unsaturated/α-hetero) is 1. The minimum Gasteiger partial charge on any atom is -0.348 e. The van der Waals surface area contributed by atoms with Crippen LogP contribution in [-0.4, -0.2) is 55.2 Å². The highest BCUT2D eigenvalue weighted by Crippen LogP contribution is 2.12. The number of carbonyl (C=O) groups excluding carboxylic acids is 2. The number of carbonyl (C=O) groups is 2. The van der Waals surface area contributed by atoms with Gasteiger partial charge in [0.1, 0.15) is 0 Å². The first-order valence-electron chi connectivity index (χ1n) is 6.88. The summed E-state index contributed by atoms with van der Waals surface area (Å²) in [7, 11) is 3.45. The van der Waals surface area contributed by atoms with E-state index in [1.807, 2.05) is 43.9 Å². The maximum Gasteiger partial charge on any atom is 0.236 e. The second-order valence-electron chi connectivity index (χ2n) is 5.33. The van der Waals surface area contributed by atoms with Gasteiger partial charge in [-0.3, -0.25) is 14.5 Å². The molecule has 4 nitrogen and oxygen atoms in total. The summed E-state index contributed by atoms with van der Waals surface area (Å²) in [6.45, 7) is 7.10. The lowest BCUT2D eigenvalue weighted by Gasteiger charge is -2.21. The first-order chi connectivity index (χ1) is 9.35. The first kappa shape index (κ1) is 16.4. The van der Waals surface area contributed by atoms with Crippen molar-refractivity contribution in [2.75, 3.05) is 33.7 Å². The van der Waals surface area contributed by atoms with Crippen LogP contribution in [0.1, 0.15) is 28.4 Å². The van der Waals surface area contributed by atoms with Crippen LogP contribution in [0.3, 0.4) is 0 Å². The zero-order chi connectivity index (χ0) is 15.3. The number of hydrogen-bond donors (Lipinski definition) is 0. The summed E-state index contributed by atoms with van der Waals surface area (Å²) < 4.78 is 0. The van der Waals surface area contributed by atoms with Gasteiger partial charge in [0.2, 0.25) is 5.91 Å². The van der Waals surface area contributed by atoms with Gasteiger partial charge in [0.15, 0.2) is 5.78 Å². The van der Waals surface area contributed by atoms with Gasteiger partial charge in [0.05, 0.1) is 13.1 Å². The Hall–Kier alpha value is -1.68. The van der Waals surface area contributed by atoms with E-state index in [-0.39, 0.29) is 24.8 Å². The minimum absolute atomic E-state index is 0.0145. The van der Waals surface area contributed by atoms with Gasteiger partial charge in [0.25, 0.3) is 0 Å². The lowest BCUT2D eigenvalue weighted by Crippen LogP contribution is -2.39. The average molecular weight is 276 g/mol. The van der Waals surface area contributed by atoms with E-state index in [1.165, 1.54) is 0 Å². The molecule has 0 radical (unpaired) electrons. The maximum atomic E-state index is 12.4. The number of hydrogen-bond acceptors (Lipinski definition) is 3. The van der Waals surface area contributed by atoms with Gasteiger partial charge in [-0.2, -0.15) is 0 Å². The molecule has 0 aliphatic carbocycles. The number of benzene rings is 1. The zero-order valence-electron chi connectivity index (χ0n) is 13.1. The SMILES string of the molecule is CCN(CC(=O)c1cc(C)ccc1C)CC(=O)N(C)C. The minimum atomic E-state index is 0.0145. The summed E-state index contributed by atoms with van der Waals surface area (Å²) in [4.78, 5) is 27.5. The monoisotopic (exact) mass is 276 g/mol. The molecule has 0 aromatic heterocycles. The van der Waals surface area contributed by atoms with Crippen molar-refractivity contribution in [2.24, 2.45) is 0 Å². The van der Waals surface area contributed by atoms with Gasteiger partial charge in [-0.25, -0.2) is 0 Å². The number of likely N-dealkylation sites (N-methyl/N-ethyl adjacent to an activating group) is 2. The second-order valence-corrected chi connectivity index (χ2v) is 5.33. The van der Waals surface area contributed by atoms with Crippen molar-refractivity contribution in [3.05, 3.63) is 34.9 Å². The normalized spacial score (nSPS) is 10.7. The van der Waals surface area contributed by atoms with Crippen LogP contribution in [-0.2, 0) is 4.79 Å². The fourth-order valence-electron chi connectivity index (χ4n) is 1.94. The van der Waals surface area contributed by atoms with Crippen LogP contribution < -0.4 is 0 Å². The molecule has 0 heterocycles. The van der Waals surface area contributed by atoms with Crippen molar-refractivity contribution >= 4 is 11.7 Å². The standard InChI is InChI=1S/C16H24N2O2/c1-6-18(11-16(20)17(4)5)10-15(19)14-9-12(2)7-8-13(14)3/h7-9H,6,10-11H2,1-5H3. The van der Waals surface area contributed by atoms with E-state index < -0.39 is 0 Å². The highest BCUT2D eigenvalue weighted by atomic mass is 16.2. The van der Waals surface area contributed by atoms with Gasteiger partial charge in [-0.15, -0.1) is 0 Å². The van der Waals surface area contributed by atoms with E-state index in [0.29, 0.717) is 6.54 Å². The molecule has 0 N–H and O–H groups in total. The molecule has 1 amide bonds. The van der Waals surface area contributed by atoms with Crippen LogP contribution in [0.5, 0.6) is 0 Å². The van der Waals surface area contributed by atoms with Crippen molar-refractivity contribution in [3.8, 4) is 0 Å². The zero-order valence-corrected chi connectivity index (χ0v) is 13.1. The molecule has 0 fully saturated rings. The van der Waals surface area contributed by atoms with E-state index in [0.717, 1.165) is 16.7 Å². The van der Waals surface area contributed by atoms with Crippen LogP contribution in [0.15, 0.2) is 18.2 Å². The largest absolute Gasteiger partial charge is 0.348 e. The van der Waals surface area contributed by atoms with Crippen molar-refractivity contribution < 1.29 is 9.59 Å². The Bertz CT molecular complexity index is 495. The quantitative estimate of drug-likeness (QED) is 0.745. The van der Waals surface area contributed by atoms with Gasteiger partial charge >= 0.3 is 0 Å². The molecule has 0 aliphatic heterocycles. The summed E-state index contributed by atoms with van der Waals surface area (Å²) in [5.41, 5.74) is 2.81. The van der Waals surface area contributed by atoms with Crippen LogP contribution in [0.4, 0.5) is 0 Å². The van der Waals surface area contributed by atoms with E-state index in [9.17, 15) is 9.59 Å². The Morgan fingerprint density at radius 1 is 1.10 bits per heavy atom. The topological polar surface area (TPSA) is 40.6 Å². The Kier molecular flexibility index (Phi) is 5.89. The molecule has 0 saturated heterocycles. The molecule has 0 saturated carbocycles. The predicted octanol–water partition coefficient (Wildman–Crippen LogP) is 1.90. The second kappa shape index (κ2) is 7.20.